The van der Waals surface area contributed by atoms with E-state index >= 15 is 0 Å². The molecule has 1 aromatic carbocycles. The Hall–Kier alpha value is -2.47. The van der Waals surface area contributed by atoms with Crippen molar-refractivity contribution >= 4 is 29.3 Å². The molecule has 22 heavy (non-hydrogen) atoms. The zero-order valence-corrected chi connectivity index (χ0v) is 12.1. The minimum Gasteiger partial charge on any atom is -0.455 e. The average molecular weight is 323 g/mol. The van der Waals surface area contributed by atoms with Crippen molar-refractivity contribution in [1.82, 2.24) is 4.98 Å². The van der Waals surface area contributed by atoms with E-state index in [2.05, 4.69) is 10.3 Å². The first kappa shape index (κ1) is 15.9. The lowest BCUT2D eigenvalue weighted by atomic mass is 10.1. The number of nitrogens with one attached hydrogen (secondary N) is 1. The molecular weight excluding hydrogens is 311 g/mol. The van der Waals surface area contributed by atoms with Crippen LogP contribution in [-0.2, 0) is 20.7 Å². The van der Waals surface area contributed by atoms with E-state index in [1.54, 1.807) is 12.1 Å². The van der Waals surface area contributed by atoms with Crippen molar-refractivity contribution in [3.05, 3.63) is 59.0 Å². The van der Waals surface area contributed by atoms with Crippen molar-refractivity contribution < 1.29 is 18.7 Å². The fourth-order valence-electron chi connectivity index (χ4n) is 1.64. The van der Waals surface area contributed by atoms with Gasteiger partial charge in [-0.2, -0.15) is 0 Å². The molecule has 0 saturated heterocycles. The second kappa shape index (κ2) is 7.51. The van der Waals surface area contributed by atoms with Crippen LogP contribution in [0.4, 0.5) is 10.2 Å². The number of aromatic nitrogens is 1. The molecule has 1 amide bonds. The largest absolute Gasteiger partial charge is 0.455 e. The normalized spacial score (nSPS) is 10.1. The van der Waals surface area contributed by atoms with Crippen LogP contribution in [-0.4, -0.2) is 23.5 Å². The molecule has 0 spiro atoms. The van der Waals surface area contributed by atoms with Crippen molar-refractivity contribution in [3.8, 4) is 0 Å². The molecule has 0 aliphatic carbocycles. The Bertz CT molecular complexity index is 677. The minimum atomic E-state index is -0.621. The number of nitrogens with zero attached hydrogens (tertiary/aromatic N) is 1. The molecule has 5 nitrogen and oxygen atoms in total. The lowest BCUT2D eigenvalue weighted by molar-refractivity contribution is -0.146. The smallest absolute Gasteiger partial charge is 0.310 e. The van der Waals surface area contributed by atoms with Gasteiger partial charge in [0, 0.05) is 6.20 Å². The number of esters is 1. The number of hydrogen-bond acceptors (Lipinski definition) is 4. The number of carbonyl (C=O) groups is 2. The maximum atomic E-state index is 13.0. The monoisotopic (exact) mass is 322 g/mol. The molecule has 0 atom stereocenters. The third-order valence-electron chi connectivity index (χ3n) is 2.60. The predicted octanol–water partition coefficient (Wildman–Crippen LogP) is 2.60. The molecular formula is C15H12ClFN2O3. The van der Waals surface area contributed by atoms with Gasteiger partial charge in [-0.05, 0) is 29.8 Å². The Morgan fingerprint density at radius 1 is 1.27 bits per heavy atom. The zero-order valence-electron chi connectivity index (χ0n) is 11.4. The number of amides is 1. The van der Waals surface area contributed by atoms with Crippen LogP contribution in [0.25, 0.3) is 0 Å². The van der Waals surface area contributed by atoms with Crippen LogP contribution >= 0.6 is 11.6 Å². The van der Waals surface area contributed by atoms with E-state index in [9.17, 15) is 14.0 Å². The molecule has 7 heteroatoms. The van der Waals surface area contributed by atoms with Crippen molar-refractivity contribution in [2.75, 3.05) is 11.9 Å². The lowest BCUT2D eigenvalue weighted by Gasteiger charge is -2.06. The number of pyridine rings is 1. The van der Waals surface area contributed by atoms with E-state index in [-0.39, 0.29) is 6.42 Å². The van der Waals surface area contributed by atoms with E-state index in [0.29, 0.717) is 16.4 Å². The van der Waals surface area contributed by atoms with Crippen LogP contribution in [0.2, 0.25) is 5.02 Å². The number of ether oxygens (including phenoxy) is 1. The molecule has 1 heterocycles. The van der Waals surface area contributed by atoms with E-state index in [4.69, 9.17) is 16.3 Å². The van der Waals surface area contributed by atoms with Gasteiger partial charge in [0.1, 0.15) is 11.6 Å². The second-order valence-electron chi connectivity index (χ2n) is 4.38. The number of hydrogen-bond donors (Lipinski definition) is 1. The number of anilines is 1. The molecule has 0 radical (unpaired) electrons. The van der Waals surface area contributed by atoms with Crippen LogP contribution in [0.15, 0.2) is 42.6 Å². The molecule has 2 aromatic rings. The zero-order chi connectivity index (χ0) is 15.9. The molecule has 0 bridgehead atoms. The highest BCUT2D eigenvalue weighted by atomic mass is 35.5. The Kier molecular flexibility index (Phi) is 5.43. The molecule has 0 aliphatic heterocycles. The van der Waals surface area contributed by atoms with Crippen molar-refractivity contribution in [1.29, 1.82) is 0 Å². The summed E-state index contributed by atoms with van der Waals surface area (Å²) in [5, 5.41) is 2.90. The maximum Gasteiger partial charge on any atom is 0.310 e. The van der Waals surface area contributed by atoms with E-state index in [0.717, 1.165) is 0 Å². The standard InChI is InChI=1S/C15H12ClFN2O3/c16-11-4-5-13(18-8-11)19-14(20)9-22-15(21)7-10-2-1-3-12(17)6-10/h1-6,8H,7,9H2,(H,18,19,20). The van der Waals surface area contributed by atoms with Gasteiger partial charge in [-0.15, -0.1) is 0 Å². The topological polar surface area (TPSA) is 68.3 Å². The molecule has 0 fully saturated rings. The van der Waals surface area contributed by atoms with Gasteiger partial charge in [-0.25, -0.2) is 9.37 Å². The average Bonchev–Trinajstić information content (AvgIpc) is 2.48. The summed E-state index contributed by atoms with van der Waals surface area (Å²) >= 11 is 5.67. The SMILES string of the molecule is O=C(COC(=O)Cc1cccc(F)c1)Nc1ccc(Cl)cn1. The van der Waals surface area contributed by atoms with Crippen molar-refractivity contribution in [2.45, 2.75) is 6.42 Å². The summed E-state index contributed by atoms with van der Waals surface area (Å²) in [5.41, 5.74) is 0.477. The van der Waals surface area contributed by atoms with Gasteiger partial charge >= 0.3 is 5.97 Å². The summed E-state index contributed by atoms with van der Waals surface area (Å²) in [4.78, 5) is 27.0. The first-order chi connectivity index (χ1) is 10.5. The maximum absolute atomic E-state index is 13.0. The quantitative estimate of drug-likeness (QED) is 0.859. The highest BCUT2D eigenvalue weighted by Crippen LogP contribution is 2.09. The van der Waals surface area contributed by atoms with Crippen LogP contribution in [0, 0.1) is 5.82 Å². The lowest BCUT2D eigenvalue weighted by Crippen LogP contribution is -2.22. The summed E-state index contributed by atoms with van der Waals surface area (Å²) in [5.74, 6) is -1.28. The summed E-state index contributed by atoms with van der Waals surface area (Å²) in [6.45, 7) is -0.446. The van der Waals surface area contributed by atoms with Gasteiger partial charge < -0.3 is 10.1 Å². The summed E-state index contributed by atoms with van der Waals surface area (Å²) in [7, 11) is 0. The number of rotatable bonds is 5. The van der Waals surface area contributed by atoms with Gasteiger partial charge in [0.25, 0.3) is 5.91 Å². The first-order valence-electron chi connectivity index (χ1n) is 6.34. The third kappa shape index (κ3) is 5.14. The first-order valence-corrected chi connectivity index (χ1v) is 6.72. The fraction of sp³-hybridized carbons (Fsp3) is 0.133. The van der Waals surface area contributed by atoms with E-state index < -0.39 is 24.3 Å². The Balaban J connectivity index is 1.78. The highest BCUT2D eigenvalue weighted by molar-refractivity contribution is 6.30. The molecule has 1 aromatic heterocycles. The van der Waals surface area contributed by atoms with Crippen molar-refractivity contribution in [2.24, 2.45) is 0 Å². The van der Waals surface area contributed by atoms with Crippen LogP contribution in [0.3, 0.4) is 0 Å². The predicted molar refractivity (Wildman–Crippen MR) is 78.9 cm³/mol. The second-order valence-corrected chi connectivity index (χ2v) is 4.81. The molecule has 0 aliphatic rings. The van der Waals surface area contributed by atoms with E-state index in [1.807, 2.05) is 0 Å². The highest BCUT2D eigenvalue weighted by Gasteiger charge is 2.09. The van der Waals surface area contributed by atoms with Gasteiger partial charge in [-0.1, -0.05) is 23.7 Å². The van der Waals surface area contributed by atoms with Crippen LogP contribution in [0.1, 0.15) is 5.56 Å². The number of carbonyl (C=O) groups excluding carboxylic acids is 2. The van der Waals surface area contributed by atoms with Gasteiger partial charge in [0.2, 0.25) is 0 Å². The summed E-state index contributed by atoms with van der Waals surface area (Å²) in [6.07, 6.45) is 1.28. The van der Waals surface area contributed by atoms with Gasteiger partial charge in [0.05, 0.1) is 11.4 Å². The van der Waals surface area contributed by atoms with Crippen molar-refractivity contribution in [3.63, 3.8) is 0 Å². The molecule has 0 saturated carbocycles. The molecule has 2 rings (SSSR count). The summed E-state index contributed by atoms with van der Waals surface area (Å²) < 4.78 is 17.8. The number of halogens is 2. The Morgan fingerprint density at radius 2 is 2.09 bits per heavy atom. The Labute approximate surface area is 131 Å². The van der Waals surface area contributed by atoms with Crippen LogP contribution < -0.4 is 5.32 Å². The summed E-state index contributed by atoms with van der Waals surface area (Å²) in [6, 6.07) is 8.70. The molecule has 0 unspecified atom stereocenters. The van der Waals surface area contributed by atoms with Gasteiger partial charge in [0.15, 0.2) is 6.61 Å². The molecule has 1 N–H and O–H groups in total. The number of benzene rings is 1. The Morgan fingerprint density at radius 3 is 2.77 bits per heavy atom. The fourth-order valence-corrected chi connectivity index (χ4v) is 1.75. The minimum absolute atomic E-state index is 0.107. The third-order valence-corrected chi connectivity index (χ3v) is 2.82. The van der Waals surface area contributed by atoms with Gasteiger partial charge in [-0.3, -0.25) is 9.59 Å². The molecule has 114 valence electrons. The van der Waals surface area contributed by atoms with E-state index in [1.165, 1.54) is 30.5 Å². The van der Waals surface area contributed by atoms with Crippen LogP contribution in [0.5, 0.6) is 0 Å².